The number of fused-ring (bicyclic) bond motifs is 1. The fourth-order valence-corrected chi connectivity index (χ4v) is 5.01. The van der Waals surface area contributed by atoms with Gasteiger partial charge in [-0.1, -0.05) is 0 Å². The van der Waals surface area contributed by atoms with Gasteiger partial charge in [-0.3, -0.25) is 5.10 Å². The maximum atomic E-state index is 14.9. The SMILES string of the molecule is CCS(=O)(=O)N1CCC(C(F)C#N)(n2ccc(-c3ncnc4[nH]ncc34)c2)CC1. The van der Waals surface area contributed by atoms with E-state index in [1.165, 1.54) is 10.6 Å². The lowest BCUT2D eigenvalue weighted by atomic mass is 9.84. The lowest BCUT2D eigenvalue weighted by Crippen LogP contribution is -2.52. The molecule has 1 fully saturated rings. The first kappa shape index (κ1) is 19.5. The fourth-order valence-electron chi connectivity index (χ4n) is 3.91. The third-order valence-corrected chi connectivity index (χ3v) is 7.54. The van der Waals surface area contributed by atoms with Crippen LogP contribution in [0.15, 0.2) is 31.0 Å². The summed E-state index contributed by atoms with van der Waals surface area (Å²) in [5, 5.41) is 16.8. The minimum atomic E-state index is -3.35. The Balaban J connectivity index is 1.70. The number of H-pyrrole nitrogens is 1. The molecule has 0 aromatic carbocycles. The molecule has 1 aliphatic heterocycles. The number of sulfonamides is 1. The topological polar surface area (TPSA) is 121 Å². The van der Waals surface area contributed by atoms with E-state index in [-0.39, 0.29) is 31.7 Å². The Labute approximate surface area is 167 Å². The van der Waals surface area contributed by atoms with E-state index in [4.69, 9.17) is 0 Å². The monoisotopic (exact) mass is 417 g/mol. The van der Waals surface area contributed by atoms with Gasteiger partial charge in [-0.05, 0) is 25.8 Å². The van der Waals surface area contributed by atoms with Crippen molar-refractivity contribution in [3.8, 4) is 17.3 Å². The van der Waals surface area contributed by atoms with Crippen LogP contribution in [0.25, 0.3) is 22.3 Å². The summed E-state index contributed by atoms with van der Waals surface area (Å²) in [6.45, 7) is 1.93. The molecular formula is C18H20FN7O2S. The van der Waals surface area contributed by atoms with E-state index in [1.807, 2.05) is 0 Å². The Kier molecular flexibility index (Phi) is 4.84. The molecule has 0 aliphatic carbocycles. The van der Waals surface area contributed by atoms with Gasteiger partial charge in [-0.2, -0.15) is 10.4 Å². The normalized spacial score (nSPS) is 18.5. The van der Waals surface area contributed by atoms with E-state index in [9.17, 15) is 18.1 Å². The van der Waals surface area contributed by atoms with Gasteiger partial charge >= 0.3 is 0 Å². The van der Waals surface area contributed by atoms with Gasteiger partial charge in [0.1, 0.15) is 12.4 Å². The highest BCUT2D eigenvalue weighted by atomic mass is 32.2. The van der Waals surface area contributed by atoms with Crippen LogP contribution in [0, 0.1) is 11.3 Å². The molecule has 1 unspecified atom stereocenters. The Bertz CT molecular complexity index is 1170. The summed E-state index contributed by atoms with van der Waals surface area (Å²) < 4.78 is 42.3. The van der Waals surface area contributed by atoms with Crippen LogP contribution in [-0.2, 0) is 15.6 Å². The zero-order valence-corrected chi connectivity index (χ0v) is 16.6. The summed E-state index contributed by atoms with van der Waals surface area (Å²) in [6.07, 6.45) is 5.16. The third-order valence-electron chi connectivity index (χ3n) is 5.66. The van der Waals surface area contributed by atoms with Gasteiger partial charge in [0, 0.05) is 31.0 Å². The molecule has 0 saturated carbocycles. The second-order valence-corrected chi connectivity index (χ2v) is 9.31. The maximum absolute atomic E-state index is 14.9. The molecule has 1 saturated heterocycles. The van der Waals surface area contributed by atoms with Crippen molar-refractivity contribution in [1.29, 1.82) is 5.26 Å². The van der Waals surface area contributed by atoms with Crippen molar-refractivity contribution >= 4 is 21.1 Å². The van der Waals surface area contributed by atoms with E-state index in [2.05, 4.69) is 20.2 Å². The third kappa shape index (κ3) is 3.18. The average Bonchev–Trinajstić information content (AvgIpc) is 3.42. The summed E-state index contributed by atoms with van der Waals surface area (Å²) in [7, 11) is -3.35. The van der Waals surface area contributed by atoms with Crippen molar-refractivity contribution in [2.24, 2.45) is 0 Å². The van der Waals surface area contributed by atoms with Crippen molar-refractivity contribution in [3.63, 3.8) is 0 Å². The van der Waals surface area contributed by atoms with Crippen LogP contribution in [0.3, 0.4) is 0 Å². The van der Waals surface area contributed by atoms with Gasteiger partial charge in [0.15, 0.2) is 5.65 Å². The van der Waals surface area contributed by atoms with Gasteiger partial charge in [0.25, 0.3) is 0 Å². The molecule has 0 spiro atoms. The van der Waals surface area contributed by atoms with E-state index >= 15 is 0 Å². The first-order valence-corrected chi connectivity index (χ1v) is 10.9. The summed E-state index contributed by atoms with van der Waals surface area (Å²) in [5.74, 6) is -0.000612. The summed E-state index contributed by atoms with van der Waals surface area (Å²) >= 11 is 0. The van der Waals surface area contributed by atoms with Crippen molar-refractivity contribution in [3.05, 3.63) is 31.0 Å². The number of piperidine rings is 1. The number of hydrogen-bond donors (Lipinski definition) is 1. The standard InChI is InChI=1S/C18H20FN7O2S/c1-2-29(27,28)26-7-4-18(5-8-26,15(19)9-20)25-6-3-13(11-25)16-14-10-23-24-17(14)22-12-21-16/h3,6,10-12,15H,2,4-5,7-8H2,1H3,(H,21,22,23,24). The number of hydrogen-bond acceptors (Lipinski definition) is 6. The molecule has 1 aliphatic rings. The molecule has 1 atom stereocenters. The molecule has 3 aromatic rings. The zero-order chi connectivity index (χ0) is 20.6. The van der Waals surface area contributed by atoms with Crippen molar-refractivity contribution < 1.29 is 12.8 Å². The second kappa shape index (κ2) is 7.20. The summed E-state index contributed by atoms with van der Waals surface area (Å²) in [6, 6.07) is 3.52. The number of aromatic nitrogens is 5. The van der Waals surface area contributed by atoms with Gasteiger partial charge < -0.3 is 4.57 Å². The van der Waals surface area contributed by atoms with E-state index in [1.54, 1.807) is 42.2 Å². The number of rotatable bonds is 5. The predicted molar refractivity (Wildman–Crippen MR) is 104 cm³/mol. The van der Waals surface area contributed by atoms with E-state index < -0.39 is 21.7 Å². The number of alkyl halides is 1. The molecule has 9 nitrogen and oxygen atoms in total. The quantitative estimate of drug-likeness (QED) is 0.676. The van der Waals surface area contributed by atoms with Crippen LogP contribution in [-0.4, -0.2) is 62.5 Å². The number of nitrogens with one attached hydrogen (secondary N) is 1. The zero-order valence-electron chi connectivity index (χ0n) is 15.8. The number of nitrogens with zero attached hydrogens (tertiary/aromatic N) is 6. The summed E-state index contributed by atoms with van der Waals surface area (Å²) in [4.78, 5) is 8.44. The fraction of sp³-hybridized carbons (Fsp3) is 0.444. The molecule has 11 heteroatoms. The molecule has 0 bridgehead atoms. The van der Waals surface area contributed by atoms with Crippen LogP contribution in [0.1, 0.15) is 19.8 Å². The van der Waals surface area contributed by atoms with Crippen LogP contribution in [0.5, 0.6) is 0 Å². The molecule has 4 heterocycles. The minimum absolute atomic E-state index is 0.000612. The van der Waals surface area contributed by atoms with Crippen LogP contribution >= 0.6 is 0 Å². The Morgan fingerprint density at radius 3 is 2.83 bits per heavy atom. The maximum Gasteiger partial charge on any atom is 0.213 e. The first-order valence-electron chi connectivity index (χ1n) is 9.26. The molecule has 1 N–H and O–H groups in total. The first-order chi connectivity index (χ1) is 13.9. The van der Waals surface area contributed by atoms with Crippen molar-refractivity contribution in [2.75, 3.05) is 18.8 Å². The van der Waals surface area contributed by atoms with Crippen LogP contribution in [0.2, 0.25) is 0 Å². The number of aromatic amines is 1. The highest BCUT2D eigenvalue weighted by molar-refractivity contribution is 7.89. The van der Waals surface area contributed by atoms with Gasteiger partial charge in [0.2, 0.25) is 16.2 Å². The van der Waals surface area contributed by atoms with E-state index in [0.29, 0.717) is 11.3 Å². The lowest BCUT2D eigenvalue weighted by molar-refractivity contribution is 0.0871. The second-order valence-electron chi connectivity index (χ2n) is 7.06. The highest BCUT2D eigenvalue weighted by Gasteiger charge is 2.45. The number of halogens is 1. The molecule has 0 amide bonds. The van der Waals surface area contributed by atoms with Crippen LogP contribution in [0.4, 0.5) is 4.39 Å². The van der Waals surface area contributed by atoms with Gasteiger partial charge in [0.05, 0.1) is 28.6 Å². The van der Waals surface area contributed by atoms with Gasteiger partial charge in [-0.25, -0.2) is 27.1 Å². The largest absolute Gasteiger partial charge is 0.343 e. The van der Waals surface area contributed by atoms with Gasteiger partial charge in [-0.15, -0.1) is 0 Å². The predicted octanol–water partition coefficient (Wildman–Crippen LogP) is 1.82. The van der Waals surface area contributed by atoms with Crippen molar-refractivity contribution in [2.45, 2.75) is 31.5 Å². The molecule has 29 heavy (non-hydrogen) atoms. The average molecular weight is 417 g/mol. The smallest absolute Gasteiger partial charge is 0.213 e. The molecule has 152 valence electrons. The summed E-state index contributed by atoms with van der Waals surface area (Å²) in [5.41, 5.74) is 0.855. The molecule has 0 radical (unpaired) electrons. The Morgan fingerprint density at radius 1 is 1.38 bits per heavy atom. The number of nitriles is 1. The Hall–Kier alpha value is -2.84. The lowest BCUT2D eigenvalue weighted by Gasteiger charge is -2.42. The van der Waals surface area contributed by atoms with Crippen molar-refractivity contribution in [1.82, 2.24) is 29.0 Å². The molecule has 3 aromatic heterocycles. The Morgan fingerprint density at radius 2 is 2.14 bits per heavy atom. The van der Waals surface area contributed by atoms with Crippen LogP contribution < -0.4 is 0 Å². The minimum Gasteiger partial charge on any atom is -0.343 e. The molecule has 4 rings (SSSR count). The van der Waals surface area contributed by atoms with E-state index in [0.717, 1.165) is 10.9 Å². The highest BCUT2D eigenvalue weighted by Crippen LogP contribution is 2.38. The molecular weight excluding hydrogens is 397 g/mol.